The van der Waals surface area contributed by atoms with Crippen LogP contribution in [0.3, 0.4) is 0 Å². The van der Waals surface area contributed by atoms with Gasteiger partial charge in [-0.3, -0.25) is 4.79 Å². The van der Waals surface area contributed by atoms with E-state index in [1.807, 2.05) is 6.92 Å². The number of esters is 1. The minimum absolute atomic E-state index is 0.113. The molecular formula is C12H16Cl2N2O2. The molecule has 0 aliphatic rings. The van der Waals surface area contributed by atoms with Crippen LogP contribution in [0.25, 0.3) is 0 Å². The van der Waals surface area contributed by atoms with Crippen molar-refractivity contribution in [3.8, 4) is 0 Å². The van der Waals surface area contributed by atoms with Gasteiger partial charge >= 0.3 is 5.97 Å². The molecule has 0 amide bonds. The van der Waals surface area contributed by atoms with Gasteiger partial charge < -0.3 is 15.8 Å². The van der Waals surface area contributed by atoms with Gasteiger partial charge in [-0.15, -0.1) is 0 Å². The number of ether oxygens (including phenoxy) is 1. The minimum Gasteiger partial charge on any atom is -0.465 e. The van der Waals surface area contributed by atoms with Crippen molar-refractivity contribution in [2.75, 3.05) is 18.9 Å². The highest BCUT2D eigenvalue weighted by Gasteiger charge is 2.09. The van der Waals surface area contributed by atoms with E-state index in [1.54, 1.807) is 12.1 Å². The molecule has 0 aromatic heterocycles. The zero-order valence-corrected chi connectivity index (χ0v) is 11.6. The van der Waals surface area contributed by atoms with Crippen LogP contribution in [0.1, 0.15) is 18.9 Å². The van der Waals surface area contributed by atoms with Crippen molar-refractivity contribution >= 4 is 34.9 Å². The van der Waals surface area contributed by atoms with E-state index in [9.17, 15) is 4.79 Å². The van der Waals surface area contributed by atoms with Gasteiger partial charge in [-0.05, 0) is 18.6 Å². The SMILES string of the molecule is CCCOC(=O)CNCc1c(N)ccc(Cl)c1Cl. The fraction of sp³-hybridized carbons (Fsp3) is 0.417. The summed E-state index contributed by atoms with van der Waals surface area (Å²) in [5.41, 5.74) is 7.02. The minimum atomic E-state index is -0.298. The molecule has 0 bridgehead atoms. The summed E-state index contributed by atoms with van der Waals surface area (Å²) in [4.78, 5) is 11.3. The zero-order chi connectivity index (χ0) is 13.5. The third-order valence-electron chi connectivity index (χ3n) is 2.27. The lowest BCUT2D eigenvalue weighted by molar-refractivity contribution is -0.142. The van der Waals surface area contributed by atoms with E-state index >= 15 is 0 Å². The van der Waals surface area contributed by atoms with Gasteiger partial charge in [0.25, 0.3) is 0 Å². The molecule has 1 aromatic carbocycles. The Labute approximate surface area is 116 Å². The summed E-state index contributed by atoms with van der Waals surface area (Å²) in [5, 5.41) is 3.77. The third kappa shape index (κ3) is 4.37. The van der Waals surface area contributed by atoms with Crippen molar-refractivity contribution in [2.45, 2.75) is 19.9 Å². The van der Waals surface area contributed by atoms with E-state index in [2.05, 4.69) is 5.32 Å². The van der Waals surface area contributed by atoms with Crippen LogP contribution in [0.4, 0.5) is 5.69 Å². The van der Waals surface area contributed by atoms with Gasteiger partial charge in [0.15, 0.2) is 0 Å². The zero-order valence-electron chi connectivity index (χ0n) is 10.1. The Kier molecular flexibility index (Phi) is 6.25. The fourth-order valence-corrected chi connectivity index (χ4v) is 1.76. The first kappa shape index (κ1) is 15.1. The van der Waals surface area contributed by atoms with Gasteiger partial charge in [-0.2, -0.15) is 0 Å². The normalized spacial score (nSPS) is 10.4. The summed E-state index contributed by atoms with van der Waals surface area (Å²) in [6.45, 7) is 2.85. The number of nitrogens with two attached hydrogens (primary N) is 1. The van der Waals surface area contributed by atoms with Crippen LogP contribution in [-0.4, -0.2) is 19.1 Å². The van der Waals surface area contributed by atoms with Gasteiger partial charge in [0.1, 0.15) is 0 Å². The largest absolute Gasteiger partial charge is 0.465 e. The van der Waals surface area contributed by atoms with Crippen LogP contribution in [0.5, 0.6) is 0 Å². The highest BCUT2D eigenvalue weighted by molar-refractivity contribution is 6.42. The Bertz CT molecular complexity index is 425. The van der Waals surface area contributed by atoms with Crippen molar-refractivity contribution in [1.29, 1.82) is 0 Å². The molecule has 3 N–H and O–H groups in total. The van der Waals surface area contributed by atoms with Crippen LogP contribution in [0, 0.1) is 0 Å². The molecule has 0 fully saturated rings. The Balaban J connectivity index is 2.49. The molecule has 100 valence electrons. The maximum atomic E-state index is 11.3. The molecular weight excluding hydrogens is 275 g/mol. The van der Waals surface area contributed by atoms with E-state index in [-0.39, 0.29) is 12.5 Å². The second kappa shape index (κ2) is 7.46. The molecule has 1 rings (SSSR count). The first-order chi connectivity index (χ1) is 8.56. The number of nitrogen functional groups attached to an aromatic ring is 1. The predicted molar refractivity (Wildman–Crippen MR) is 73.8 cm³/mol. The number of benzene rings is 1. The highest BCUT2D eigenvalue weighted by atomic mass is 35.5. The van der Waals surface area contributed by atoms with Crippen molar-refractivity contribution in [3.05, 3.63) is 27.7 Å². The van der Waals surface area contributed by atoms with Crippen LogP contribution in [0.2, 0.25) is 10.0 Å². The molecule has 0 radical (unpaired) electrons. The smallest absolute Gasteiger partial charge is 0.319 e. The molecule has 0 saturated carbocycles. The van der Waals surface area contributed by atoms with Gasteiger partial charge in [0, 0.05) is 17.8 Å². The average molecular weight is 291 g/mol. The average Bonchev–Trinajstić information content (AvgIpc) is 2.35. The second-order valence-electron chi connectivity index (χ2n) is 3.75. The summed E-state index contributed by atoms with van der Waals surface area (Å²) in [6, 6.07) is 3.32. The van der Waals surface area contributed by atoms with Gasteiger partial charge in [-0.25, -0.2) is 0 Å². The van der Waals surface area contributed by atoms with Gasteiger partial charge in [0.2, 0.25) is 0 Å². The number of hydrogen-bond acceptors (Lipinski definition) is 4. The van der Waals surface area contributed by atoms with E-state index in [0.717, 1.165) is 6.42 Å². The third-order valence-corrected chi connectivity index (χ3v) is 3.11. The standard InChI is InChI=1S/C12H16Cl2N2O2/c1-2-5-18-11(17)7-16-6-8-10(15)4-3-9(13)12(8)14/h3-4,16H,2,5-7,15H2,1H3. The lowest BCUT2D eigenvalue weighted by atomic mass is 10.2. The number of carbonyl (C=O) groups excluding carboxylic acids is 1. The van der Waals surface area contributed by atoms with E-state index in [1.165, 1.54) is 0 Å². The predicted octanol–water partition coefficient (Wildman–Crippen LogP) is 2.62. The number of halogens is 2. The number of hydrogen-bond donors (Lipinski definition) is 2. The molecule has 0 atom stereocenters. The van der Waals surface area contributed by atoms with Crippen molar-refractivity contribution < 1.29 is 9.53 Å². The van der Waals surface area contributed by atoms with Crippen molar-refractivity contribution in [1.82, 2.24) is 5.32 Å². The molecule has 0 saturated heterocycles. The lowest BCUT2D eigenvalue weighted by Crippen LogP contribution is -2.25. The molecule has 0 unspecified atom stereocenters. The maximum absolute atomic E-state index is 11.3. The van der Waals surface area contributed by atoms with E-state index in [0.29, 0.717) is 34.4 Å². The molecule has 0 spiro atoms. The van der Waals surface area contributed by atoms with E-state index < -0.39 is 0 Å². The number of anilines is 1. The monoisotopic (exact) mass is 290 g/mol. The van der Waals surface area contributed by atoms with Crippen molar-refractivity contribution in [3.63, 3.8) is 0 Å². The first-order valence-corrected chi connectivity index (χ1v) is 6.40. The fourth-order valence-electron chi connectivity index (χ4n) is 1.34. The molecule has 4 nitrogen and oxygen atoms in total. The van der Waals surface area contributed by atoms with Crippen molar-refractivity contribution in [2.24, 2.45) is 0 Å². The Morgan fingerprint density at radius 1 is 1.44 bits per heavy atom. The first-order valence-electron chi connectivity index (χ1n) is 5.65. The second-order valence-corrected chi connectivity index (χ2v) is 4.54. The quantitative estimate of drug-likeness (QED) is 0.624. The maximum Gasteiger partial charge on any atom is 0.319 e. The molecule has 6 heteroatoms. The summed E-state index contributed by atoms with van der Waals surface area (Å²) in [7, 11) is 0. The van der Waals surface area contributed by atoms with Crippen LogP contribution in [0.15, 0.2) is 12.1 Å². The lowest BCUT2D eigenvalue weighted by Gasteiger charge is -2.10. The molecule has 1 aromatic rings. The summed E-state index contributed by atoms with van der Waals surface area (Å²) in [6.07, 6.45) is 0.804. The number of carbonyl (C=O) groups is 1. The Morgan fingerprint density at radius 3 is 2.83 bits per heavy atom. The summed E-state index contributed by atoms with van der Waals surface area (Å²) < 4.78 is 4.92. The molecule has 0 aliphatic carbocycles. The number of rotatable bonds is 6. The molecule has 18 heavy (non-hydrogen) atoms. The molecule has 0 heterocycles. The highest BCUT2D eigenvalue weighted by Crippen LogP contribution is 2.29. The van der Waals surface area contributed by atoms with Gasteiger partial charge in [-0.1, -0.05) is 30.1 Å². The number of nitrogens with one attached hydrogen (secondary N) is 1. The topological polar surface area (TPSA) is 64.3 Å². The Morgan fingerprint density at radius 2 is 2.17 bits per heavy atom. The van der Waals surface area contributed by atoms with Crippen LogP contribution < -0.4 is 11.1 Å². The van der Waals surface area contributed by atoms with Crippen LogP contribution >= 0.6 is 23.2 Å². The van der Waals surface area contributed by atoms with E-state index in [4.69, 9.17) is 33.7 Å². The van der Waals surface area contributed by atoms with Gasteiger partial charge in [0.05, 0.1) is 23.2 Å². The van der Waals surface area contributed by atoms with Crippen LogP contribution in [-0.2, 0) is 16.1 Å². The Hall–Kier alpha value is -0.970. The summed E-state index contributed by atoms with van der Waals surface area (Å²) in [5.74, 6) is -0.298. The summed E-state index contributed by atoms with van der Waals surface area (Å²) >= 11 is 11.9. The molecule has 0 aliphatic heterocycles.